The molecule has 0 aromatic heterocycles. The van der Waals surface area contributed by atoms with Gasteiger partial charge in [0.15, 0.2) is 0 Å². The Morgan fingerprint density at radius 3 is 2.39 bits per heavy atom. The SMILES string of the molecule is CCc1ccccc1NC(=O)N1C[C@@H](C)Oc2cc(-c3ccc(C4CCC(CC(=O)O)CC4)cc3)ccc21. The van der Waals surface area contributed by atoms with Crippen LogP contribution in [-0.4, -0.2) is 29.8 Å². The number of rotatable bonds is 6. The molecular formula is C32H36N2O4. The number of aryl methyl sites for hydroxylation is 1. The fourth-order valence-corrected chi connectivity index (χ4v) is 5.84. The Hall–Kier alpha value is -3.80. The van der Waals surface area contributed by atoms with Crippen molar-refractivity contribution in [2.24, 2.45) is 5.92 Å². The first-order valence-corrected chi connectivity index (χ1v) is 13.7. The van der Waals surface area contributed by atoms with E-state index in [1.807, 2.05) is 49.4 Å². The molecule has 2 N–H and O–H groups in total. The smallest absolute Gasteiger partial charge is 0.326 e. The number of urea groups is 1. The Morgan fingerprint density at radius 1 is 0.974 bits per heavy atom. The molecule has 6 heteroatoms. The Bertz CT molecular complexity index is 1300. The molecule has 1 aliphatic heterocycles. The number of fused-ring (bicyclic) bond motifs is 1. The van der Waals surface area contributed by atoms with Gasteiger partial charge in [-0.2, -0.15) is 0 Å². The lowest BCUT2D eigenvalue weighted by atomic mass is 9.77. The molecule has 1 fully saturated rings. The molecule has 0 radical (unpaired) electrons. The van der Waals surface area contributed by atoms with Crippen molar-refractivity contribution in [2.75, 3.05) is 16.8 Å². The lowest BCUT2D eigenvalue weighted by Crippen LogP contribution is -2.44. The van der Waals surface area contributed by atoms with Gasteiger partial charge < -0.3 is 15.2 Å². The molecule has 0 saturated heterocycles. The molecule has 1 aliphatic carbocycles. The number of nitrogens with one attached hydrogen (secondary N) is 1. The van der Waals surface area contributed by atoms with Crippen LogP contribution >= 0.6 is 0 Å². The molecule has 198 valence electrons. The number of benzene rings is 3. The Balaban J connectivity index is 1.30. The van der Waals surface area contributed by atoms with Crippen LogP contribution in [0.15, 0.2) is 66.7 Å². The highest BCUT2D eigenvalue weighted by Gasteiger charge is 2.29. The number of ether oxygens (including phenoxy) is 1. The first kappa shape index (κ1) is 25.8. The highest BCUT2D eigenvalue weighted by atomic mass is 16.5. The van der Waals surface area contributed by atoms with Gasteiger partial charge in [-0.1, -0.05) is 55.5 Å². The van der Waals surface area contributed by atoms with Crippen molar-refractivity contribution in [3.8, 4) is 16.9 Å². The Labute approximate surface area is 224 Å². The van der Waals surface area contributed by atoms with Crippen LogP contribution in [-0.2, 0) is 11.2 Å². The van der Waals surface area contributed by atoms with E-state index >= 15 is 0 Å². The zero-order valence-corrected chi connectivity index (χ0v) is 22.2. The van der Waals surface area contributed by atoms with E-state index in [0.29, 0.717) is 24.1 Å². The summed E-state index contributed by atoms with van der Waals surface area (Å²) >= 11 is 0. The van der Waals surface area contributed by atoms with Crippen LogP contribution in [0.2, 0.25) is 0 Å². The fraction of sp³-hybridized carbons (Fsp3) is 0.375. The Kier molecular flexibility index (Phi) is 7.68. The van der Waals surface area contributed by atoms with Gasteiger partial charge in [-0.3, -0.25) is 9.69 Å². The number of hydrogen-bond donors (Lipinski definition) is 2. The molecule has 3 aromatic rings. The Morgan fingerprint density at radius 2 is 1.68 bits per heavy atom. The monoisotopic (exact) mass is 512 g/mol. The summed E-state index contributed by atoms with van der Waals surface area (Å²) in [5.41, 5.74) is 6.19. The van der Waals surface area contributed by atoms with E-state index in [9.17, 15) is 9.59 Å². The van der Waals surface area contributed by atoms with Crippen molar-refractivity contribution in [3.05, 3.63) is 77.9 Å². The summed E-state index contributed by atoms with van der Waals surface area (Å²) in [5.74, 6) is 0.823. The maximum Gasteiger partial charge on any atom is 0.326 e. The van der Waals surface area contributed by atoms with Crippen molar-refractivity contribution in [3.63, 3.8) is 0 Å². The number of hydrogen-bond acceptors (Lipinski definition) is 3. The van der Waals surface area contributed by atoms with Crippen molar-refractivity contribution in [2.45, 2.75) is 64.4 Å². The number of carbonyl (C=O) groups is 2. The second kappa shape index (κ2) is 11.3. The van der Waals surface area contributed by atoms with Crippen molar-refractivity contribution in [1.29, 1.82) is 0 Å². The molecule has 3 aromatic carbocycles. The van der Waals surface area contributed by atoms with Crippen molar-refractivity contribution >= 4 is 23.4 Å². The van der Waals surface area contributed by atoms with Gasteiger partial charge >= 0.3 is 12.0 Å². The van der Waals surface area contributed by atoms with Gasteiger partial charge in [0, 0.05) is 12.1 Å². The zero-order chi connectivity index (χ0) is 26.6. The lowest BCUT2D eigenvalue weighted by Gasteiger charge is -2.34. The molecule has 2 aliphatic rings. The molecule has 1 saturated carbocycles. The normalized spacial score (nSPS) is 20.8. The third-order valence-corrected chi connectivity index (χ3v) is 7.93. The number of para-hydroxylation sites is 1. The van der Waals surface area contributed by atoms with Crippen LogP contribution < -0.4 is 15.0 Å². The van der Waals surface area contributed by atoms with Crippen LogP contribution in [0.4, 0.5) is 16.2 Å². The van der Waals surface area contributed by atoms with E-state index in [1.54, 1.807) is 4.90 Å². The quantitative estimate of drug-likeness (QED) is 0.359. The summed E-state index contributed by atoms with van der Waals surface area (Å²) in [7, 11) is 0. The van der Waals surface area contributed by atoms with Crippen LogP contribution in [0.5, 0.6) is 5.75 Å². The molecule has 0 spiro atoms. The van der Waals surface area contributed by atoms with Crippen LogP contribution in [0.25, 0.3) is 11.1 Å². The summed E-state index contributed by atoms with van der Waals surface area (Å²) in [6.45, 7) is 4.55. The first-order valence-electron chi connectivity index (χ1n) is 13.7. The number of carboxylic acid groups (broad SMARTS) is 1. The fourth-order valence-electron chi connectivity index (χ4n) is 5.84. The van der Waals surface area contributed by atoms with Gasteiger partial charge in [0.2, 0.25) is 0 Å². The van der Waals surface area contributed by atoms with E-state index < -0.39 is 5.97 Å². The number of nitrogens with zero attached hydrogens (tertiary/aromatic N) is 1. The van der Waals surface area contributed by atoms with Crippen LogP contribution in [0.3, 0.4) is 0 Å². The summed E-state index contributed by atoms with van der Waals surface area (Å²) in [5, 5.41) is 12.2. The van der Waals surface area contributed by atoms with Crippen LogP contribution in [0, 0.1) is 5.92 Å². The minimum absolute atomic E-state index is 0.122. The minimum Gasteiger partial charge on any atom is -0.487 e. The molecule has 1 heterocycles. The van der Waals surface area contributed by atoms with Gasteiger partial charge in [-0.05, 0) is 91.3 Å². The predicted molar refractivity (Wildman–Crippen MR) is 151 cm³/mol. The van der Waals surface area contributed by atoms with Gasteiger partial charge in [0.25, 0.3) is 0 Å². The summed E-state index contributed by atoms with van der Waals surface area (Å²) < 4.78 is 6.16. The largest absolute Gasteiger partial charge is 0.487 e. The summed E-state index contributed by atoms with van der Waals surface area (Å²) in [4.78, 5) is 26.1. The van der Waals surface area contributed by atoms with E-state index in [4.69, 9.17) is 9.84 Å². The average Bonchev–Trinajstić information content (AvgIpc) is 2.92. The number of carboxylic acids is 1. The van der Waals surface area contributed by atoms with Crippen molar-refractivity contribution in [1.82, 2.24) is 0 Å². The topological polar surface area (TPSA) is 78.9 Å². The number of amides is 2. The third kappa shape index (κ3) is 5.69. The molecule has 0 bridgehead atoms. The maximum absolute atomic E-state index is 13.3. The van der Waals surface area contributed by atoms with Gasteiger partial charge in [0.1, 0.15) is 11.9 Å². The average molecular weight is 513 g/mol. The highest BCUT2D eigenvalue weighted by Crippen LogP contribution is 2.40. The van der Waals surface area contributed by atoms with E-state index in [0.717, 1.165) is 60.2 Å². The predicted octanol–water partition coefficient (Wildman–Crippen LogP) is 7.48. The summed E-state index contributed by atoms with van der Waals surface area (Å²) in [6.07, 6.45) is 5.06. The number of anilines is 2. The minimum atomic E-state index is -0.688. The highest BCUT2D eigenvalue weighted by molar-refractivity contribution is 6.03. The number of aliphatic carboxylic acids is 1. The molecule has 6 nitrogen and oxygen atoms in total. The third-order valence-electron chi connectivity index (χ3n) is 7.93. The standard InChI is InChI=1S/C32H36N2O4/c1-3-23-6-4-5-7-28(23)33-32(37)34-20-21(2)38-30-19-27(16-17-29(30)34)26-14-12-25(13-15-26)24-10-8-22(9-11-24)18-31(35)36/h4-7,12-17,19,21-22,24H,3,8-11,18,20H2,1-2H3,(H,33,37)(H,35,36)/t21-,22?,24?/m1/s1. The second-order valence-corrected chi connectivity index (χ2v) is 10.6. The van der Waals surface area contributed by atoms with Gasteiger partial charge in [0.05, 0.1) is 12.2 Å². The van der Waals surface area contributed by atoms with E-state index in [1.165, 1.54) is 5.56 Å². The second-order valence-electron chi connectivity index (χ2n) is 10.6. The van der Waals surface area contributed by atoms with Gasteiger partial charge in [-0.15, -0.1) is 0 Å². The number of carbonyl (C=O) groups excluding carboxylic acids is 1. The van der Waals surface area contributed by atoms with Crippen LogP contribution in [0.1, 0.15) is 63.0 Å². The van der Waals surface area contributed by atoms with Crippen molar-refractivity contribution < 1.29 is 19.4 Å². The molecular weight excluding hydrogens is 476 g/mol. The molecule has 5 rings (SSSR count). The van der Waals surface area contributed by atoms with E-state index in [2.05, 4.69) is 36.5 Å². The molecule has 1 atom stereocenters. The molecule has 0 unspecified atom stereocenters. The van der Waals surface area contributed by atoms with E-state index in [-0.39, 0.29) is 18.6 Å². The zero-order valence-electron chi connectivity index (χ0n) is 22.2. The molecule has 38 heavy (non-hydrogen) atoms. The lowest BCUT2D eigenvalue weighted by molar-refractivity contribution is -0.138. The van der Waals surface area contributed by atoms with Gasteiger partial charge in [-0.25, -0.2) is 4.79 Å². The first-order chi connectivity index (χ1) is 18.4. The molecule has 2 amide bonds. The maximum atomic E-state index is 13.3. The summed E-state index contributed by atoms with van der Waals surface area (Å²) in [6, 6.07) is 22.5.